The standard InChI is InChI=1S/C21H26FN3OS2/c1-26-20-8-7-17(15-19(20)22)16-24-10-12-25(13-11-24)21(27)23-9-14-28-18-5-3-2-4-6-18/h2-8,15H,9-14,16H2,1H3,(H,23,27). The zero-order chi connectivity index (χ0) is 19.8. The van der Waals surface area contributed by atoms with Crippen molar-refractivity contribution < 1.29 is 9.13 Å². The number of rotatable bonds is 7. The summed E-state index contributed by atoms with van der Waals surface area (Å²) in [6.45, 7) is 5.18. The van der Waals surface area contributed by atoms with E-state index in [1.807, 2.05) is 23.9 Å². The Hall–Kier alpha value is -1.83. The molecule has 0 unspecified atom stereocenters. The fraction of sp³-hybridized carbons (Fsp3) is 0.381. The molecule has 0 saturated carbocycles. The maximum Gasteiger partial charge on any atom is 0.169 e. The number of hydrogen-bond acceptors (Lipinski definition) is 4. The topological polar surface area (TPSA) is 27.7 Å². The summed E-state index contributed by atoms with van der Waals surface area (Å²) in [4.78, 5) is 5.82. The molecule has 1 aliphatic heterocycles. The molecule has 28 heavy (non-hydrogen) atoms. The number of methoxy groups -OCH3 is 1. The van der Waals surface area contributed by atoms with Crippen LogP contribution in [0.1, 0.15) is 5.56 Å². The number of ether oxygens (including phenoxy) is 1. The average molecular weight is 420 g/mol. The summed E-state index contributed by atoms with van der Waals surface area (Å²) < 4.78 is 18.8. The van der Waals surface area contributed by atoms with Crippen LogP contribution in [0.4, 0.5) is 4.39 Å². The van der Waals surface area contributed by atoms with Crippen LogP contribution >= 0.6 is 24.0 Å². The third-order valence-electron chi connectivity index (χ3n) is 4.67. The molecule has 0 atom stereocenters. The molecule has 150 valence electrons. The van der Waals surface area contributed by atoms with Gasteiger partial charge in [0.25, 0.3) is 0 Å². The van der Waals surface area contributed by atoms with E-state index < -0.39 is 0 Å². The van der Waals surface area contributed by atoms with Crippen molar-refractivity contribution in [2.45, 2.75) is 11.4 Å². The highest BCUT2D eigenvalue weighted by Gasteiger charge is 2.19. The van der Waals surface area contributed by atoms with Gasteiger partial charge in [-0.3, -0.25) is 4.90 Å². The Kier molecular flexibility index (Phi) is 7.94. The highest BCUT2D eigenvalue weighted by molar-refractivity contribution is 7.99. The lowest BCUT2D eigenvalue weighted by atomic mass is 10.2. The number of thiocarbonyl (C=S) groups is 1. The van der Waals surface area contributed by atoms with Crippen LogP contribution < -0.4 is 10.1 Å². The molecule has 7 heteroatoms. The van der Waals surface area contributed by atoms with Crippen LogP contribution in [0.25, 0.3) is 0 Å². The van der Waals surface area contributed by atoms with Crippen LogP contribution in [0.3, 0.4) is 0 Å². The number of nitrogens with one attached hydrogen (secondary N) is 1. The van der Waals surface area contributed by atoms with Gasteiger partial charge in [0.15, 0.2) is 16.7 Å². The SMILES string of the molecule is COc1ccc(CN2CCN(C(=S)NCCSc3ccccc3)CC2)cc1F. The van der Waals surface area contributed by atoms with Crippen LogP contribution in [0.5, 0.6) is 5.75 Å². The smallest absolute Gasteiger partial charge is 0.169 e. The first kappa shape index (κ1) is 20.9. The highest BCUT2D eigenvalue weighted by atomic mass is 32.2. The minimum Gasteiger partial charge on any atom is -0.494 e. The molecule has 1 N–H and O–H groups in total. The van der Waals surface area contributed by atoms with Gasteiger partial charge in [-0.2, -0.15) is 0 Å². The Labute approximate surface area is 176 Å². The minimum atomic E-state index is -0.308. The lowest BCUT2D eigenvalue weighted by Gasteiger charge is -2.36. The van der Waals surface area contributed by atoms with Gasteiger partial charge in [0.2, 0.25) is 0 Å². The van der Waals surface area contributed by atoms with Gasteiger partial charge in [-0.25, -0.2) is 4.39 Å². The van der Waals surface area contributed by atoms with Crippen molar-refractivity contribution in [1.29, 1.82) is 0 Å². The summed E-state index contributed by atoms with van der Waals surface area (Å²) in [7, 11) is 1.48. The predicted molar refractivity (Wildman–Crippen MR) is 118 cm³/mol. The normalized spacial score (nSPS) is 14.7. The molecule has 1 fully saturated rings. The number of nitrogens with zero attached hydrogens (tertiary/aromatic N) is 2. The molecule has 2 aromatic rings. The Balaban J connectivity index is 1.36. The zero-order valence-corrected chi connectivity index (χ0v) is 17.7. The van der Waals surface area contributed by atoms with Gasteiger partial charge < -0.3 is 15.0 Å². The quantitative estimate of drug-likeness (QED) is 0.419. The maximum absolute atomic E-state index is 13.8. The Bertz CT molecular complexity index is 768. The molecule has 1 aliphatic rings. The predicted octanol–water partition coefficient (Wildman–Crippen LogP) is 3.62. The summed E-state index contributed by atoms with van der Waals surface area (Å²) in [5.74, 6) is 0.959. The van der Waals surface area contributed by atoms with E-state index in [0.29, 0.717) is 0 Å². The zero-order valence-electron chi connectivity index (χ0n) is 16.1. The van der Waals surface area contributed by atoms with Crippen LogP contribution in [-0.2, 0) is 6.54 Å². The third-order valence-corrected chi connectivity index (χ3v) is 6.09. The average Bonchev–Trinajstić information content (AvgIpc) is 2.72. The number of halogens is 1. The molecule has 0 aromatic heterocycles. The molecular formula is C21H26FN3OS2. The summed E-state index contributed by atoms with van der Waals surface area (Å²) in [6.07, 6.45) is 0. The number of benzene rings is 2. The monoisotopic (exact) mass is 419 g/mol. The maximum atomic E-state index is 13.8. The van der Waals surface area contributed by atoms with Crippen LogP contribution in [0, 0.1) is 5.82 Å². The number of thioether (sulfide) groups is 1. The van der Waals surface area contributed by atoms with E-state index in [2.05, 4.69) is 39.4 Å². The Morgan fingerprint density at radius 1 is 1.14 bits per heavy atom. The number of hydrogen-bond donors (Lipinski definition) is 1. The fourth-order valence-corrected chi connectivity index (χ4v) is 4.20. The van der Waals surface area contributed by atoms with E-state index >= 15 is 0 Å². The van der Waals surface area contributed by atoms with Crippen molar-refractivity contribution >= 4 is 29.1 Å². The molecule has 0 radical (unpaired) electrons. The minimum absolute atomic E-state index is 0.287. The van der Waals surface area contributed by atoms with Crippen molar-refractivity contribution in [3.63, 3.8) is 0 Å². The van der Waals surface area contributed by atoms with Crippen molar-refractivity contribution in [2.75, 3.05) is 45.6 Å². The summed E-state index contributed by atoms with van der Waals surface area (Å²) >= 11 is 7.37. The number of piperazine rings is 1. The molecule has 4 nitrogen and oxygen atoms in total. The van der Waals surface area contributed by atoms with Gasteiger partial charge >= 0.3 is 0 Å². The Morgan fingerprint density at radius 2 is 1.89 bits per heavy atom. The van der Waals surface area contributed by atoms with E-state index in [9.17, 15) is 4.39 Å². The molecule has 0 amide bonds. The van der Waals surface area contributed by atoms with Gasteiger partial charge in [0, 0.05) is 49.9 Å². The van der Waals surface area contributed by atoms with Crippen molar-refractivity contribution in [1.82, 2.24) is 15.1 Å². The van der Waals surface area contributed by atoms with Gasteiger partial charge in [-0.15, -0.1) is 11.8 Å². The molecule has 0 bridgehead atoms. The van der Waals surface area contributed by atoms with Crippen LogP contribution in [0.15, 0.2) is 53.4 Å². The van der Waals surface area contributed by atoms with Crippen molar-refractivity contribution in [2.24, 2.45) is 0 Å². The molecule has 2 aromatic carbocycles. The van der Waals surface area contributed by atoms with Crippen molar-refractivity contribution in [3.05, 3.63) is 59.9 Å². The van der Waals surface area contributed by atoms with Crippen LogP contribution in [0.2, 0.25) is 0 Å². The Morgan fingerprint density at radius 3 is 2.57 bits per heavy atom. The molecule has 0 spiro atoms. The van der Waals surface area contributed by atoms with E-state index in [4.69, 9.17) is 17.0 Å². The van der Waals surface area contributed by atoms with E-state index in [-0.39, 0.29) is 11.6 Å². The second kappa shape index (κ2) is 10.6. The lowest BCUT2D eigenvalue weighted by molar-refractivity contribution is 0.174. The second-order valence-corrected chi connectivity index (χ2v) is 8.18. The van der Waals surface area contributed by atoms with E-state index in [0.717, 1.165) is 55.7 Å². The molecule has 1 heterocycles. The molecular weight excluding hydrogens is 393 g/mol. The molecule has 3 rings (SSSR count). The lowest BCUT2D eigenvalue weighted by Crippen LogP contribution is -2.51. The van der Waals surface area contributed by atoms with Crippen LogP contribution in [-0.4, -0.2) is 60.5 Å². The molecule has 1 saturated heterocycles. The van der Waals surface area contributed by atoms with Crippen molar-refractivity contribution in [3.8, 4) is 5.75 Å². The largest absolute Gasteiger partial charge is 0.494 e. The van der Waals surface area contributed by atoms with Gasteiger partial charge in [-0.1, -0.05) is 24.3 Å². The fourth-order valence-electron chi connectivity index (χ4n) is 3.13. The molecule has 0 aliphatic carbocycles. The first-order chi connectivity index (χ1) is 13.7. The summed E-state index contributed by atoms with van der Waals surface area (Å²) in [5, 5.41) is 4.18. The highest BCUT2D eigenvalue weighted by Crippen LogP contribution is 2.19. The third kappa shape index (κ3) is 6.09. The van der Waals surface area contributed by atoms with E-state index in [1.165, 1.54) is 12.0 Å². The first-order valence-corrected chi connectivity index (χ1v) is 10.8. The van der Waals surface area contributed by atoms with E-state index in [1.54, 1.807) is 12.1 Å². The van der Waals surface area contributed by atoms with Gasteiger partial charge in [0.05, 0.1) is 7.11 Å². The van der Waals surface area contributed by atoms with Gasteiger partial charge in [-0.05, 0) is 42.0 Å². The second-order valence-electron chi connectivity index (χ2n) is 6.63. The first-order valence-electron chi connectivity index (χ1n) is 9.41. The summed E-state index contributed by atoms with van der Waals surface area (Å²) in [5.41, 5.74) is 0.963. The summed E-state index contributed by atoms with van der Waals surface area (Å²) in [6, 6.07) is 15.6. The van der Waals surface area contributed by atoms with Gasteiger partial charge in [0.1, 0.15) is 0 Å².